The van der Waals surface area contributed by atoms with E-state index < -0.39 is 20.0 Å². The van der Waals surface area contributed by atoms with Crippen LogP contribution in [0.5, 0.6) is 0 Å². The fourth-order valence-electron chi connectivity index (χ4n) is 8.08. The van der Waals surface area contributed by atoms with Crippen molar-refractivity contribution >= 4 is 47.9 Å². The van der Waals surface area contributed by atoms with Gasteiger partial charge in [0.25, 0.3) is 20.0 Å². The molecule has 0 spiro atoms. The largest absolute Gasteiger partial charge is 0.275 e. The van der Waals surface area contributed by atoms with Crippen LogP contribution in [-0.4, -0.2) is 64.3 Å². The second-order valence-electron chi connectivity index (χ2n) is 15.3. The van der Waals surface area contributed by atoms with E-state index in [2.05, 4.69) is 26.2 Å². The van der Waals surface area contributed by atoms with Crippen molar-refractivity contribution in [3.63, 3.8) is 0 Å². The third-order valence-electron chi connectivity index (χ3n) is 11.2. The summed E-state index contributed by atoms with van der Waals surface area (Å²) in [5.41, 5.74) is 7.79. The van der Waals surface area contributed by atoms with Gasteiger partial charge in [-0.3, -0.25) is 9.36 Å². The fraction of sp³-hybridized carbons (Fsp3) is 0.289. The lowest BCUT2D eigenvalue weighted by atomic mass is 9.87. The molecule has 0 radical (unpaired) electrons. The number of benzene rings is 2. The van der Waals surface area contributed by atoms with Gasteiger partial charge in [-0.2, -0.15) is 10.2 Å². The van der Waals surface area contributed by atoms with E-state index in [0.717, 1.165) is 60.2 Å². The molecule has 0 saturated heterocycles. The van der Waals surface area contributed by atoms with Gasteiger partial charge in [0, 0.05) is 67.1 Å². The molecule has 0 amide bonds. The van der Waals surface area contributed by atoms with Gasteiger partial charge in [-0.15, -0.1) is 0 Å². The van der Waals surface area contributed by atoms with Gasteiger partial charge >= 0.3 is 0 Å². The molecule has 2 aliphatic rings. The molecule has 61 heavy (non-hydrogen) atoms. The zero-order valence-corrected chi connectivity index (χ0v) is 35.0. The second-order valence-corrected chi connectivity index (χ2v) is 19.0. The maximum atomic E-state index is 13.4. The van der Waals surface area contributed by atoms with E-state index in [4.69, 9.17) is 9.97 Å². The lowest BCUT2D eigenvalue weighted by molar-refractivity contribution is 0.436. The third kappa shape index (κ3) is 8.04. The lowest BCUT2D eigenvalue weighted by Crippen LogP contribution is -2.13. The summed E-state index contributed by atoms with van der Waals surface area (Å²) >= 11 is 0. The Balaban J connectivity index is 0.000000166. The smallest absolute Gasteiger partial charge is 0.269 e. The van der Waals surface area contributed by atoms with Gasteiger partial charge in [0.2, 0.25) is 0 Å². The van der Waals surface area contributed by atoms with Gasteiger partial charge in [0.15, 0.2) is 11.3 Å². The minimum Gasteiger partial charge on any atom is -0.275 e. The Bertz CT molecular complexity index is 3090. The van der Waals surface area contributed by atoms with Crippen LogP contribution in [-0.2, 0) is 34.1 Å². The van der Waals surface area contributed by atoms with E-state index in [0.29, 0.717) is 33.8 Å². The van der Waals surface area contributed by atoms with Gasteiger partial charge in [-0.25, -0.2) is 44.7 Å². The van der Waals surface area contributed by atoms with Gasteiger partial charge in [0.05, 0.1) is 46.0 Å². The van der Waals surface area contributed by atoms with E-state index in [-0.39, 0.29) is 17.2 Å². The molecule has 0 atom stereocenters. The van der Waals surface area contributed by atoms with Crippen molar-refractivity contribution in [1.29, 1.82) is 0 Å². The maximum absolute atomic E-state index is 13.4. The Morgan fingerprint density at radius 3 is 1.61 bits per heavy atom. The highest BCUT2D eigenvalue weighted by Crippen LogP contribution is 2.36. The highest BCUT2D eigenvalue weighted by Gasteiger charge is 2.27. The lowest BCUT2D eigenvalue weighted by Gasteiger charge is -2.20. The van der Waals surface area contributed by atoms with Crippen LogP contribution in [0.2, 0.25) is 0 Å². The van der Waals surface area contributed by atoms with Crippen molar-refractivity contribution in [2.75, 3.05) is 0 Å². The summed E-state index contributed by atoms with van der Waals surface area (Å²) in [7, 11) is -3.95. The Morgan fingerprint density at radius 2 is 1.11 bits per heavy atom. The number of hydrogen-bond donors (Lipinski definition) is 0. The van der Waals surface area contributed by atoms with E-state index >= 15 is 0 Å². The summed E-state index contributed by atoms with van der Waals surface area (Å²) < 4.78 is 59.3. The van der Waals surface area contributed by atoms with Gasteiger partial charge in [0.1, 0.15) is 11.0 Å². The molecule has 0 unspecified atom stereocenters. The van der Waals surface area contributed by atoms with E-state index in [1.54, 1.807) is 107 Å². The van der Waals surface area contributed by atoms with Crippen LogP contribution in [0.4, 0.5) is 0 Å². The topological polar surface area (TPSA) is 165 Å². The molecule has 314 valence electrons. The van der Waals surface area contributed by atoms with Gasteiger partial charge < -0.3 is 0 Å². The van der Waals surface area contributed by atoms with Crippen molar-refractivity contribution in [3.05, 3.63) is 128 Å². The van der Waals surface area contributed by atoms with Crippen LogP contribution in [0, 0.1) is 0 Å². The molecule has 2 aliphatic carbocycles. The minimum atomic E-state index is -3.81. The van der Waals surface area contributed by atoms with Crippen LogP contribution in [0.15, 0.2) is 126 Å². The first-order chi connectivity index (χ1) is 29.1. The molecule has 0 bridgehead atoms. The van der Waals surface area contributed by atoms with Crippen molar-refractivity contribution < 1.29 is 16.8 Å². The quantitative estimate of drug-likeness (QED) is 0.144. The zero-order valence-electron chi connectivity index (χ0n) is 33.3. The number of fused-ring (bicyclic) bond motifs is 2. The molecule has 6 aromatic heterocycles. The highest BCUT2D eigenvalue weighted by molar-refractivity contribution is 7.90. The minimum absolute atomic E-state index is 0. The van der Waals surface area contributed by atoms with Crippen LogP contribution in [0.1, 0.15) is 82.5 Å². The molecule has 10 rings (SSSR count). The summed E-state index contributed by atoms with van der Waals surface area (Å²) in [6.45, 7) is 0. The third-order valence-corrected chi connectivity index (χ3v) is 14.5. The van der Waals surface area contributed by atoms with Gasteiger partial charge in [-0.05, 0) is 68.4 Å². The first kappa shape index (κ1) is 41.5. The summed E-state index contributed by atoms with van der Waals surface area (Å²) in [6.07, 6.45) is 26.2. The molecule has 14 nitrogen and oxygen atoms in total. The molecule has 1 fully saturated rings. The Morgan fingerprint density at radius 1 is 0.590 bits per heavy atom. The summed E-state index contributed by atoms with van der Waals surface area (Å²) in [4.78, 5) is 19.4. The monoisotopic (exact) mass is 856 g/mol. The summed E-state index contributed by atoms with van der Waals surface area (Å²) in [5.74, 6) is 0.381. The molecule has 16 heteroatoms. The van der Waals surface area contributed by atoms with Crippen LogP contribution < -0.4 is 0 Å². The first-order valence-electron chi connectivity index (χ1n) is 20.1. The number of hydrogen-bond acceptors (Lipinski definition) is 10. The number of allylic oxidation sites excluding steroid dienone is 2. The number of aryl methyl sites for hydroxylation is 2. The Kier molecular flexibility index (Phi) is 11.6. The molecule has 1 saturated carbocycles. The van der Waals surface area contributed by atoms with E-state index in [1.807, 2.05) is 26.5 Å². The zero-order chi connectivity index (χ0) is 41.4. The highest BCUT2D eigenvalue weighted by atomic mass is 32.2. The standard InChI is InChI=1S/C22H23N5O2S.C22H21N5O2S.CH4/c2*1-26-14-17(12-24-26)19-15-27(30(28,29)18-10-6-3-7-11-18)22-21(19)25-20(13-23-22)16-8-4-2-5-9-16;/h3,6-7,10-16H,2,4-5,8-9H2,1H3;3,6-8,10-15H,2,4-5,9H2,1H3;1H4. The Labute approximate surface area is 355 Å². The van der Waals surface area contributed by atoms with Crippen LogP contribution >= 0.6 is 0 Å². The maximum Gasteiger partial charge on any atom is 0.269 e. The van der Waals surface area contributed by atoms with Crippen molar-refractivity contribution in [1.82, 2.24) is 47.4 Å². The molecule has 0 N–H and O–H groups in total. The molecule has 2 aromatic carbocycles. The van der Waals surface area contributed by atoms with Gasteiger partial charge in [-0.1, -0.05) is 69.2 Å². The molecular weight excluding hydrogens is 809 g/mol. The van der Waals surface area contributed by atoms with Crippen LogP contribution in [0.3, 0.4) is 0 Å². The number of aromatic nitrogens is 10. The summed E-state index contributed by atoms with van der Waals surface area (Å²) in [5, 5.41) is 8.49. The molecule has 6 heterocycles. The number of rotatable bonds is 8. The van der Waals surface area contributed by atoms with Crippen LogP contribution in [0.25, 0.3) is 50.2 Å². The molecular formula is C45H48N10O4S2. The van der Waals surface area contributed by atoms with Crippen molar-refractivity contribution in [2.45, 2.75) is 80.9 Å². The van der Waals surface area contributed by atoms with E-state index in [9.17, 15) is 16.8 Å². The van der Waals surface area contributed by atoms with Crippen molar-refractivity contribution in [3.8, 4) is 22.3 Å². The molecule has 8 aromatic rings. The SMILES string of the molecule is C.Cn1cc(-c2cn(S(=O)(=O)c3ccccc3)c3ncc(C4=CCCCC4)nc23)cn1.Cn1cc(-c2cn(S(=O)(=O)c3ccccc3)c3ncc(C4CCCCC4)nc23)cn1. The second kappa shape index (κ2) is 17.0. The predicted molar refractivity (Wildman–Crippen MR) is 237 cm³/mol. The number of nitrogens with zero attached hydrogens (tertiary/aromatic N) is 10. The summed E-state index contributed by atoms with van der Waals surface area (Å²) in [6, 6.07) is 16.8. The Hall–Kier alpha value is -6.26. The average Bonchev–Trinajstić information content (AvgIpc) is 4.10. The van der Waals surface area contributed by atoms with Crippen molar-refractivity contribution in [2.24, 2.45) is 14.1 Å². The average molecular weight is 857 g/mol. The molecule has 0 aliphatic heterocycles. The fourth-order valence-corrected chi connectivity index (χ4v) is 10.8. The first-order valence-corrected chi connectivity index (χ1v) is 23.0. The predicted octanol–water partition coefficient (Wildman–Crippen LogP) is 8.78. The van der Waals surface area contributed by atoms with E-state index in [1.165, 1.54) is 39.2 Å². The normalized spacial score (nSPS) is 15.0.